The number of hydrogen-bond donors (Lipinski definition) is 0. The number of rotatable bonds is 18. The van der Waals surface area contributed by atoms with Gasteiger partial charge in [0.15, 0.2) is 11.6 Å². The summed E-state index contributed by atoms with van der Waals surface area (Å²) in [5, 5.41) is 0. The van der Waals surface area contributed by atoms with Crippen molar-refractivity contribution < 1.29 is 14.3 Å². The Morgan fingerprint density at radius 1 is 0.514 bits per heavy atom. The summed E-state index contributed by atoms with van der Waals surface area (Å²) in [5.74, 6) is 0.331. The van der Waals surface area contributed by atoms with Crippen molar-refractivity contribution in [2.45, 2.75) is 110 Å². The summed E-state index contributed by atoms with van der Waals surface area (Å²) >= 11 is 0. The van der Waals surface area contributed by atoms with Crippen molar-refractivity contribution in [2.75, 3.05) is 6.61 Å². The summed E-state index contributed by atoms with van der Waals surface area (Å²) in [4.78, 5) is 25.9. The highest BCUT2D eigenvalue weighted by atomic mass is 16.5. The molecular weight excluding hydrogens is 432 g/mol. The molecule has 0 aromatic heterocycles. The lowest BCUT2D eigenvalue weighted by molar-refractivity contribution is 0.0975. The molecule has 3 heteroatoms. The molecule has 2 aromatic rings. The van der Waals surface area contributed by atoms with Crippen LogP contribution in [0.25, 0.3) is 0 Å². The molecule has 190 valence electrons. The predicted octanol–water partition coefficient (Wildman–Crippen LogP) is 9.10. The highest BCUT2D eigenvalue weighted by Gasteiger charge is 2.31. The van der Waals surface area contributed by atoms with Crippen LogP contribution in [0.3, 0.4) is 0 Å². The maximum atomic E-state index is 13.0. The minimum atomic E-state index is -0.113. The molecule has 1 aliphatic rings. The quantitative estimate of drug-likeness (QED) is 0.172. The highest BCUT2D eigenvalue weighted by molar-refractivity contribution is 6.29. The standard InChI is InChI=1S/C32H44O3/c1-2-3-4-5-6-7-8-9-10-11-12-13-14-15-16-19-25-35-29-24-20-23-28-30(29)32(34)27-22-18-17-21-26(27)31(28)33/h17-18,20-24H,2-16,19,25H2,1H3. The molecule has 0 heterocycles. The molecule has 0 atom stereocenters. The molecule has 0 fully saturated rings. The van der Waals surface area contributed by atoms with Crippen molar-refractivity contribution in [1.82, 2.24) is 0 Å². The monoisotopic (exact) mass is 476 g/mol. The molecule has 0 spiro atoms. The average Bonchev–Trinajstić information content (AvgIpc) is 2.89. The van der Waals surface area contributed by atoms with Gasteiger partial charge in [-0.3, -0.25) is 9.59 Å². The Kier molecular flexibility index (Phi) is 12.1. The summed E-state index contributed by atoms with van der Waals surface area (Å²) in [6, 6.07) is 12.4. The zero-order valence-electron chi connectivity index (χ0n) is 21.8. The Balaban J connectivity index is 1.24. The predicted molar refractivity (Wildman–Crippen MR) is 145 cm³/mol. The second kappa shape index (κ2) is 15.5. The van der Waals surface area contributed by atoms with Crippen LogP contribution in [-0.4, -0.2) is 18.2 Å². The Morgan fingerprint density at radius 2 is 0.971 bits per heavy atom. The van der Waals surface area contributed by atoms with Crippen LogP contribution in [0.5, 0.6) is 5.75 Å². The van der Waals surface area contributed by atoms with Gasteiger partial charge in [-0.25, -0.2) is 0 Å². The van der Waals surface area contributed by atoms with Crippen molar-refractivity contribution in [3.63, 3.8) is 0 Å². The van der Waals surface area contributed by atoms with Crippen molar-refractivity contribution in [2.24, 2.45) is 0 Å². The first kappa shape index (κ1) is 27.2. The number of unbranched alkanes of at least 4 members (excludes halogenated alkanes) is 15. The van der Waals surface area contributed by atoms with E-state index in [1.165, 1.54) is 89.9 Å². The molecule has 3 rings (SSSR count). The first-order chi connectivity index (χ1) is 17.2. The molecule has 0 amide bonds. The van der Waals surface area contributed by atoms with Gasteiger partial charge in [0, 0.05) is 16.7 Å². The van der Waals surface area contributed by atoms with Gasteiger partial charge in [0.05, 0.1) is 12.2 Å². The van der Waals surface area contributed by atoms with Gasteiger partial charge in [-0.05, 0) is 12.5 Å². The first-order valence-corrected chi connectivity index (χ1v) is 14.2. The lowest BCUT2D eigenvalue weighted by atomic mass is 9.83. The number of ketones is 2. The molecule has 0 saturated carbocycles. The largest absolute Gasteiger partial charge is 0.493 e. The van der Waals surface area contributed by atoms with Crippen LogP contribution >= 0.6 is 0 Å². The number of hydrogen-bond acceptors (Lipinski definition) is 3. The lowest BCUT2D eigenvalue weighted by Crippen LogP contribution is -2.21. The number of carbonyl (C=O) groups excluding carboxylic acids is 2. The van der Waals surface area contributed by atoms with E-state index in [0.717, 1.165) is 12.8 Å². The number of carbonyl (C=O) groups is 2. The van der Waals surface area contributed by atoms with Gasteiger partial charge in [0.25, 0.3) is 0 Å². The fourth-order valence-electron chi connectivity index (χ4n) is 5.07. The van der Waals surface area contributed by atoms with Gasteiger partial charge in [-0.15, -0.1) is 0 Å². The van der Waals surface area contributed by atoms with Crippen molar-refractivity contribution in [3.8, 4) is 5.75 Å². The van der Waals surface area contributed by atoms with Crippen LogP contribution in [-0.2, 0) is 0 Å². The second-order valence-electron chi connectivity index (χ2n) is 10.0. The van der Waals surface area contributed by atoms with Gasteiger partial charge in [0.1, 0.15) is 5.75 Å². The number of fused-ring (bicyclic) bond motifs is 2. The van der Waals surface area contributed by atoms with E-state index < -0.39 is 0 Å². The summed E-state index contributed by atoms with van der Waals surface area (Å²) < 4.78 is 5.98. The molecular formula is C32H44O3. The minimum Gasteiger partial charge on any atom is -0.493 e. The van der Waals surface area contributed by atoms with Gasteiger partial charge in [-0.1, -0.05) is 140 Å². The van der Waals surface area contributed by atoms with Gasteiger partial charge >= 0.3 is 0 Å². The molecule has 3 nitrogen and oxygen atoms in total. The van der Waals surface area contributed by atoms with E-state index in [-0.39, 0.29) is 11.6 Å². The van der Waals surface area contributed by atoms with Crippen LogP contribution < -0.4 is 4.74 Å². The van der Waals surface area contributed by atoms with Crippen LogP contribution in [0.1, 0.15) is 141 Å². The maximum absolute atomic E-state index is 13.0. The zero-order chi connectivity index (χ0) is 24.7. The number of ether oxygens (including phenoxy) is 1. The maximum Gasteiger partial charge on any atom is 0.198 e. The second-order valence-corrected chi connectivity index (χ2v) is 10.0. The molecule has 1 aliphatic carbocycles. The summed E-state index contributed by atoms with van der Waals surface area (Å²) in [5.41, 5.74) is 1.84. The Labute approximate surface area is 212 Å². The third-order valence-corrected chi connectivity index (χ3v) is 7.17. The third kappa shape index (κ3) is 8.33. The molecule has 2 aromatic carbocycles. The van der Waals surface area contributed by atoms with E-state index in [1.807, 2.05) is 6.07 Å². The molecule has 0 saturated heterocycles. The van der Waals surface area contributed by atoms with E-state index >= 15 is 0 Å². The van der Waals surface area contributed by atoms with Crippen molar-refractivity contribution >= 4 is 11.6 Å². The molecule has 0 aliphatic heterocycles. The highest BCUT2D eigenvalue weighted by Crippen LogP contribution is 2.33. The fraction of sp³-hybridized carbons (Fsp3) is 0.562. The molecule has 35 heavy (non-hydrogen) atoms. The normalized spacial score (nSPS) is 12.5. The smallest absolute Gasteiger partial charge is 0.198 e. The van der Waals surface area contributed by atoms with Gasteiger partial charge in [0.2, 0.25) is 0 Å². The summed E-state index contributed by atoms with van der Waals surface area (Å²) in [6.45, 7) is 2.86. The number of benzene rings is 2. The van der Waals surface area contributed by atoms with E-state index in [0.29, 0.717) is 34.6 Å². The summed E-state index contributed by atoms with van der Waals surface area (Å²) in [6.07, 6.45) is 21.4. The zero-order valence-corrected chi connectivity index (χ0v) is 21.8. The van der Waals surface area contributed by atoms with Crippen LogP contribution in [0.2, 0.25) is 0 Å². The third-order valence-electron chi connectivity index (χ3n) is 7.17. The van der Waals surface area contributed by atoms with E-state index in [9.17, 15) is 9.59 Å². The van der Waals surface area contributed by atoms with Crippen LogP contribution in [0.4, 0.5) is 0 Å². The Hall–Kier alpha value is -2.42. The molecule has 0 unspecified atom stereocenters. The Bertz CT molecular complexity index is 930. The van der Waals surface area contributed by atoms with Gasteiger partial charge in [-0.2, -0.15) is 0 Å². The van der Waals surface area contributed by atoms with Crippen molar-refractivity contribution in [3.05, 3.63) is 64.7 Å². The Morgan fingerprint density at radius 3 is 1.51 bits per heavy atom. The van der Waals surface area contributed by atoms with E-state index in [1.54, 1.807) is 36.4 Å². The van der Waals surface area contributed by atoms with Crippen LogP contribution in [0, 0.1) is 0 Å². The topological polar surface area (TPSA) is 43.4 Å². The first-order valence-electron chi connectivity index (χ1n) is 14.2. The minimum absolute atomic E-state index is 0.0944. The fourth-order valence-corrected chi connectivity index (χ4v) is 5.07. The molecule has 0 radical (unpaired) electrons. The van der Waals surface area contributed by atoms with Gasteiger partial charge < -0.3 is 4.74 Å². The average molecular weight is 477 g/mol. The summed E-state index contributed by atoms with van der Waals surface area (Å²) in [7, 11) is 0. The molecule has 0 bridgehead atoms. The lowest BCUT2D eigenvalue weighted by Gasteiger charge is -2.20. The SMILES string of the molecule is CCCCCCCCCCCCCCCCCCOc1cccc2c1C(=O)c1ccccc1C2=O. The van der Waals surface area contributed by atoms with Crippen LogP contribution in [0.15, 0.2) is 42.5 Å². The molecule has 0 N–H and O–H groups in total. The van der Waals surface area contributed by atoms with E-state index in [4.69, 9.17) is 4.74 Å². The van der Waals surface area contributed by atoms with E-state index in [2.05, 4.69) is 6.92 Å². The van der Waals surface area contributed by atoms with Crippen molar-refractivity contribution in [1.29, 1.82) is 0 Å².